The van der Waals surface area contributed by atoms with Crippen molar-refractivity contribution in [3.63, 3.8) is 0 Å². The number of carbonyl (C=O) groups is 1. The predicted octanol–water partition coefficient (Wildman–Crippen LogP) is 4.57. The average molecular weight is 338 g/mol. The molecule has 1 heterocycles. The second-order valence-electron chi connectivity index (χ2n) is 6.91. The molecule has 0 radical (unpaired) electrons. The molecule has 0 unspecified atom stereocenters. The van der Waals surface area contributed by atoms with Crippen molar-refractivity contribution in [2.45, 2.75) is 32.6 Å². The van der Waals surface area contributed by atoms with E-state index in [1.165, 1.54) is 10.3 Å². The number of fused-ring (bicyclic) bond motifs is 1. The maximum atomic E-state index is 12.2. The van der Waals surface area contributed by atoms with Gasteiger partial charge in [0.2, 0.25) is 0 Å². The summed E-state index contributed by atoms with van der Waals surface area (Å²) in [7, 11) is 0. The minimum atomic E-state index is -0.0310. The number of aromatic nitrogens is 1. The van der Waals surface area contributed by atoms with E-state index in [1.54, 1.807) is 11.3 Å². The molecule has 0 aliphatic carbocycles. The van der Waals surface area contributed by atoms with Crippen LogP contribution in [-0.2, 0) is 11.8 Å². The highest BCUT2D eigenvalue weighted by molar-refractivity contribution is 7.18. The lowest BCUT2D eigenvalue weighted by molar-refractivity contribution is 0.0954. The molecule has 3 rings (SSSR count). The largest absolute Gasteiger partial charge is 0.352 e. The van der Waals surface area contributed by atoms with E-state index in [4.69, 9.17) is 0 Å². The average Bonchev–Trinajstić information content (AvgIpc) is 2.96. The zero-order valence-electron chi connectivity index (χ0n) is 14.3. The van der Waals surface area contributed by atoms with Crippen LogP contribution in [0, 0.1) is 0 Å². The summed E-state index contributed by atoms with van der Waals surface area (Å²) < 4.78 is 1.19. The zero-order valence-corrected chi connectivity index (χ0v) is 15.1. The highest BCUT2D eigenvalue weighted by atomic mass is 32.1. The van der Waals surface area contributed by atoms with Crippen molar-refractivity contribution < 1.29 is 4.79 Å². The van der Waals surface area contributed by atoms with Crippen molar-refractivity contribution in [2.24, 2.45) is 0 Å². The van der Waals surface area contributed by atoms with E-state index in [-0.39, 0.29) is 11.3 Å². The van der Waals surface area contributed by atoms with Crippen LogP contribution in [0.15, 0.2) is 48.5 Å². The first-order valence-corrected chi connectivity index (χ1v) is 8.98. The molecule has 1 aromatic heterocycles. The topological polar surface area (TPSA) is 42.0 Å². The minimum Gasteiger partial charge on any atom is -0.352 e. The van der Waals surface area contributed by atoms with Crippen LogP contribution in [0.4, 0.5) is 0 Å². The number of thiazole rings is 1. The van der Waals surface area contributed by atoms with Gasteiger partial charge >= 0.3 is 0 Å². The fourth-order valence-corrected chi connectivity index (χ4v) is 3.50. The molecule has 0 atom stereocenters. The summed E-state index contributed by atoms with van der Waals surface area (Å²) in [6.45, 7) is 7.10. The molecule has 0 fully saturated rings. The Kier molecular flexibility index (Phi) is 4.67. The third-order valence-corrected chi connectivity index (χ3v) is 5.07. The summed E-state index contributed by atoms with van der Waals surface area (Å²) in [6, 6.07) is 16.0. The van der Waals surface area contributed by atoms with Gasteiger partial charge in [0.15, 0.2) is 0 Å². The Labute approximate surface area is 146 Å². The first-order chi connectivity index (χ1) is 11.4. The molecular formula is C20H22N2OS. The van der Waals surface area contributed by atoms with Gasteiger partial charge in [-0.2, -0.15) is 0 Å². The predicted molar refractivity (Wildman–Crippen MR) is 101 cm³/mol. The summed E-state index contributed by atoms with van der Waals surface area (Å²) in [4.78, 5) is 16.8. The lowest BCUT2D eigenvalue weighted by atomic mass is 9.87. The highest BCUT2D eigenvalue weighted by Gasteiger charge is 2.14. The van der Waals surface area contributed by atoms with Crippen LogP contribution in [0.3, 0.4) is 0 Å². The number of benzene rings is 2. The second-order valence-corrected chi connectivity index (χ2v) is 8.02. The standard InChI is InChI=1S/C20H22N2OS/c1-20(2,3)15-10-8-14(9-11-15)19(23)21-13-12-18-22-16-6-4-5-7-17(16)24-18/h4-11H,12-13H2,1-3H3,(H,21,23). The number of nitrogens with one attached hydrogen (secondary N) is 1. The Morgan fingerprint density at radius 1 is 1.08 bits per heavy atom. The van der Waals surface area contributed by atoms with Gasteiger partial charge in [-0.25, -0.2) is 4.98 Å². The molecule has 1 amide bonds. The normalized spacial score (nSPS) is 11.6. The molecule has 0 bridgehead atoms. The van der Waals surface area contributed by atoms with E-state index < -0.39 is 0 Å². The molecule has 24 heavy (non-hydrogen) atoms. The van der Waals surface area contributed by atoms with Gasteiger partial charge in [0.05, 0.1) is 15.2 Å². The fraction of sp³-hybridized carbons (Fsp3) is 0.300. The van der Waals surface area contributed by atoms with Crippen molar-refractivity contribution in [2.75, 3.05) is 6.54 Å². The number of amides is 1. The minimum absolute atomic E-state index is 0.0310. The maximum Gasteiger partial charge on any atom is 0.251 e. The summed E-state index contributed by atoms with van der Waals surface area (Å²) in [6.07, 6.45) is 0.755. The number of hydrogen-bond acceptors (Lipinski definition) is 3. The van der Waals surface area contributed by atoms with Gasteiger partial charge in [-0.05, 0) is 35.2 Å². The van der Waals surface area contributed by atoms with E-state index in [0.717, 1.165) is 16.9 Å². The zero-order chi connectivity index (χ0) is 17.2. The van der Waals surface area contributed by atoms with Crippen molar-refractivity contribution in [1.29, 1.82) is 0 Å². The van der Waals surface area contributed by atoms with Crippen LogP contribution >= 0.6 is 11.3 Å². The molecule has 0 saturated carbocycles. The Balaban J connectivity index is 1.57. The molecule has 3 aromatic rings. The van der Waals surface area contributed by atoms with Gasteiger partial charge in [-0.3, -0.25) is 4.79 Å². The summed E-state index contributed by atoms with van der Waals surface area (Å²) in [5.74, 6) is -0.0310. The molecule has 0 saturated heterocycles. The van der Waals surface area contributed by atoms with Crippen LogP contribution in [0.25, 0.3) is 10.2 Å². The Morgan fingerprint density at radius 3 is 2.46 bits per heavy atom. The number of nitrogens with zero attached hydrogens (tertiary/aromatic N) is 1. The van der Waals surface area contributed by atoms with Gasteiger partial charge in [0.25, 0.3) is 5.91 Å². The van der Waals surface area contributed by atoms with E-state index in [9.17, 15) is 4.79 Å². The first-order valence-electron chi connectivity index (χ1n) is 8.17. The monoisotopic (exact) mass is 338 g/mol. The lowest BCUT2D eigenvalue weighted by Crippen LogP contribution is -2.25. The number of rotatable bonds is 4. The van der Waals surface area contributed by atoms with Crippen LogP contribution in [0.2, 0.25) is 0 Å². The molecule has 1 N–H and O–H groups in total. The SMILES string of the molecule is CC(C)(C)c1ccc(C(=O)NCCc2nc3ccccc3s2)cc1. The van der Waals surface area contributed by atoms with Crippen LogP contribution in [0.5, 0.6) is 0 Å². The molecule has 0 aliphatic rings. The Hall–Kier alpha value is -2.20. The number of carbonyl (C=O) groups excluding carboxylic acids is 1. The number of para-hydroxylation sites is 1. The third-order valence-electron chi connectivity index (χ3n) is 3.98. The Bertz CT molecular complexity index is 811. The van der Waals surface area contributed by atoms with E-state index in [0.29, 0.717) is 12.1 Å². The molecule has 4 heteroatoms. The molecule has 124 valence electrons. The molecular weight excluding hydrogens is 316 g/mol. The van der Waals surface area contributed by atoms with Crippen LogP contribution in [-0.4, -0.2) is 17.4 Å². The smallest absolute Gasteiger partial charge is 0.251 e. The van der Waals surface area contributed by atoms with Gasteiger partial charge in [-0.1, -0.05) is 45.0 Å². The third kappa shape index (κ3) is 3.82. The van der Waals surface area contributed by atoms with Crippen molar-refractivity contribution in [1.82, 2.24) is 10.3 Å². The van der Waals surface area contributed by atoms with Gasteiger partial charge in [0.1, 0.15) is 0 Å². The second kappa shape index (κ2) is 6.73. The van der Waals surface area contributed by atoms with Crippen molar-refractivity contribution >= 4 is 27.5 Å². The van der Waals surface area contributed by atoms with Crippen molar-refractivity contribution in [3.8, 4) is 0 Å². The fourth-order valence-electron chi connectivity index (χ4n) is 2.53. The van der Waals surface area contributed by atoms with Crippen LogP contribution in [0.1, 0.15) is 41.7 Å². The molecule has 3 nitrogen and oxygen atoms in total. The molecule has 0 spiro atoms. The van der Waals surface area contributed by atoms with E-state index in [2.05, 4.69) is 37.1 Å². The summed E-state index contributed by atoms with van der Waals surface area (Å²) >= 11 is 1.69. The maximum absolute atomic E-state index is 12.2. The van der Waals surface area contributed by atoms with Crippen molar-refractivity contribution in [3.05, 3.63) is 64.7 Å². The molecule has 2 aromatic carbocycles. The van der Waals surface area contributed by atoms with Crippen LogP contribution < -0.4 is 5.32 Å². The van der Waals surface area contributed by atoms with Gasteiger partial charge in [0, 0.05) is 18.5 Å². The number of hydrogen-bond donors (Lipinski definition) is 1. The summed E-state index contributed by atoms with van der Waals surface area (Å²) in [5, 5.41) is 4.03. The first kappa shape index (κ1) is 16.7. The van der Waals surface area contributed by atoms with Gasteiger partial charge < -0.3 is 5.32 Å². The molecule has 0 aliphatic heterocycles. The van der Waals surface area contributed by atoms with E-state index in [1.807, 2.05) is 42.5 Å². The highest BCUT2D eigenvalue weighted by Crippen LogP contribution is 2.23. The quantitative estimate of drug-likeness (QED) is 0.757. The van der Waals surface area contributed by atoms with Gasteiger partial charge in [-0.15, -0.1) is 11.3 Å². The summed E-state index contributed by atoms with van der Waals surface area (Å²) in [5.41, 5.74) is 3.06. The lowest BCUT2D eigenvalue weighted by Gasteiger charge is -2.19. The van der Waals surface area contributed by atoms with E-state index >= 15 is 0 Å². The Morgan fingerprint density at radius 2 is 1.79 bits per heavy atom.